The van der Waals surface area contributed by atoms with Gasteiger partial charge < -0.3 is 35.4 Å². The lowest BCUT2D eigenvalue weighted by Crippen LogP contribution is -2.63. The lowest BCUT2D eigenvalue weighted by atomic mass is 9.99. The van der Waals surface area contributed by atoms with Gasteiger partial charge in [-0.3, -0.25) is 24.0 Å². The van der Waals surface area contributed by atoms with Crippen LogP contribution in [-0.4, -0.2) is 124 Å². The normalized spacial score (nSPS) is 27.9. The van der Waals surface area contributed by atoms with Gasteiger partial charge in [0.25, 0.3) is 0 Å². The number of cyclic esters (lactones) is 1. The monoisotopic (exact) mass is 783 g/mol. The van der Waals surface area contributed by atoms with Gasteiger partial charge in [0.2, 0.25) is 29.5 Å². The Bertz CT molecular complexity index is 1840. The van der Waals surface area contributed by atoms with Crippen molar-refractivity contribution in [3.05, 3.63) is 71.8 Å². The molecule has 4 aliphatic heterocycles. The summed E-state index contributed by atoms with van der Waals surface area (Å²) >= 11 is 0. The Labute approximate surface area is 332 Å². The molecule has 15 heteroatoms. The molecule has 2 aromatic rings. The molecule has 15 nitrogen and oxygen atoms in total. The number of nitrogens with one attached hydrogen (secondary N) is 3. The Balaban J connectivity index is 1.30. The van der Waals surface area contributed by atoms with Crippen LogP contribution < -0.4 is 16.0 Å². The molecule has 4 aliphatic rings. The summed E-state index contributed by atoms with van der Waals surface area (Å²) in [4.78, 5) is 106. The first-order chi connectivity index (χ1) is 27.4. The molecule has 0 radical (unpaired) electrons. The van der Waals surface area contributed by atoms with Gasteiger partial charge in [-0.15, -0.1) is 0 Å². The first kappa shape index (κ1) is 41.0. The Morgan fingerprint density at radius 1 is 0.807 bits per heavy atom. The molecule has 0 bridgehead atoms. The van der Waals surface area contributed by atoms with Crippen molar-refractivity contribution >= 4 is 47.8 Å². The van der Waals surface area contributed by atoms with Crippen LogP contribution in [0.2, 0.25) is 0 Å². The van der Waals surface area contributed by atoms with E-state index in [-0.39, 0.29) is 25.4 Å². The van der Waals surface area contributed by atoms with Gasteiger partial charge in [-0.1, -0.05) is 67.6 Å². The van der Waals surface area contributed by atoms with Gasteiger partial charge in [0.05, 0.1) is 0 Å². The van der Waals surface area contributed by atoms with E-state index in [0.717, 1.165) is 11.1 Å². The Hall–Kier alpha value is -5.60. The third kappa shape index (κ3) is 9.86. The number of carbonyl (C=O) groups excluding carboxylic acids is 7. The Kier molecular flexibility index (Phi) is 13.4. The predicted molar refractivity (Wildman–Crippen MR) is 210 cm³/mol. The number of amides is 7. The highest BCUT2D eigenvalue weighted by Crippen LogP contribution is 2.28. The molecule has 8 atom stereocenters. The van der Waals surface area contributed by atoms with Crippen LogP contribution in [0, 0.1) is 5.92 Å². The lowest BCUT2D eigenvalue weighted by molar-refractivity contribution is -0.163. The fourth-order valence-electron chi connectivity index (χ4n) is 8.32. The number of esters is 1. The molecule has 8 unspecified atom stereocenters. The number of hydrogen-bond acceptors (Lipinski definition) is 8. The molecule has 0 spiro atoms. The van der Waals surface area contributed by atoms with Crippen molar-refractivity contribution in [2.45, 2.75) is 114 Å². The van der Waals surface area contributed by atoms with Crippen LogP contribution in [0.25, 0.3) is 0 Å². The van der Waals surface area contributed by atoms with Gasteiger partial charge >= 0.3 is 12.0 Å². The minimum absolute atomic E-state index is 0.0557. The number of nitrogens with zero attached hydrogens (tertiary/aromatic N) is 4. The van der Waals surface area contributed by atoms with Crippen molar-refractivity contribution in [1.29, 1.82) is 0 Å². The number of benzene rings is 2. The second-order valence-electron chi connectivity index (χ2n) is 15.6. The molecule has 304 valence electrons. The fraction of sp³-hybridized carbons (Fsp3) is 0.524. The minimum atomic E-state index is -1.47. The van der Waals surface area contributed by atoms with Crippen LogP contribution in [0.15, 0.2) is 65.7 Å². The second kappa shape index (κ2) is 18.6. The van der Waals surface area contributed by atoms with Crippen LogP contribution in [0.3, 0.4) is 0 Å². The first-order valence-electron chi connectivity index (χ1n) is 20.0. The van der Waals surface area contributed by atoms with Crippen LogP contribution in [0.4, 0.5) is 4.79 Å². The van der Waals surface area contributed by atoms with E-state index < -0.39 is 83.9 Å². The third-order valence-corrected chi connectivity index (χ3v) is 11.3. The molecule has 6 rings (SSSR count). The SMILES string of the molecule is CC1CC2C(=O)OC(C)C(NC(=O)C(Cc3ccccc3)NC(=O)N=CCc3ccccc3)C(=O)N3CCCC3C(=O)N3CCCCC3C(=O)NC(C)C(=O)N2C1. The Morgan fingerprint density at radius 3 is 2.18 bits per heavy atom. The summed E-state index contributed by atoms with van der Waals surface area (Å²) < 4.78 is 5.95. The quantitative estimate of drug-likeness (QED) is 0.282. The van der Waals surface area contributed by atoms with Crippen molar-refractivity contribution in [3.8, 4) is 0 Å². The van der Waals surface area contributed by atoms with Crippen LogP contribution in [0.5, 0.6) is 0 Å². The highest BCUT2D eigenvalue weighted by Gasteiger charge is 2.47. The van der Waals surface area contributed by atoms with E-state index in [2.05, 4.69) is 20.9 Å². The summed E-state index contributed by atoms with van der Waals surface area (Å²) in [7, 11) is 0. The van der Waals surface area contributed by atoms with Crippen LogP contribution in [0.1, 0.15) is 70.4 Å². The van der Waals surface area contributed by atoms with Gasteiger partial charge in [-0.25, -0.2) is 14.6 Å². The molecule has 0 aromatic heterocycles. The predicted octanol–water partition coefficient (Wildman–Crippen LogP) is 2.16. The molecule has 4 heterocycles. The van der Waals surface area contributed by atoms with Crippen LogP contribution in [-0.2, 0) is 46.3 Å². The Morgan fingerprint density at radius 2 is 1.46 bits per heavy atom. The molecular formula is C42H53N7O8. The van der Waals surface area contributed by atoms with Gasteiger partial charge in [0.1, 0.15) is 42.4 Å². The van der Waals surface area contributed by atoms with Gasteiger partial charge in [-0.2, -0.15) is 0 Å². The number of fused-ring (bicyclic) bond motifs is 3. The van der Waals surface area contributed by atoms with Crippen molar-refractivity contribution in [2.24, 2.45) is 10.9 Å². The molecule has 7 amide bonds. The van der Waals surface area contributed by atoms with E-state index in [1.165, 1.54) is 27.8 Å². The van der Waals surface area contributed by atoms with Crippen molar-refractivity contribution < 1.29 is 38.3 Å². The average Bonchev–Trinajstić information content (AvgIpc) is 3.86. The van der Waals surface area contributed by atoms with E-state index in [4.69, 9.17) is 4.74 Å². The summed E-state index contributed by atoms with van der Waals surface area (Å²) in [5.41, 5.74) is 1.68. The standard InChI is InChI=1S/C42H53N7O8/c1-26-23-34-41(55)57-28(3)35(46-36(50)31(24-30-15-8-5-9-16-30)45-42(56)43-20-19-29-13-6-4-7-14-29)40(54)48-22-12-18-33(48)39(53)47-21-11-10-17-32(47)37(51)44-27(2)38(52)49(34)25-26/h4-9,13-16,20,26-28,31-35H,10-12,17-19,21-25H2,1-3H3,(H,44,51)(H,45,56)(H,46,50). The molecule has 4 fully saturated rings. The first-order valence-corrected chi connectivity index (χ1v) is 20.0. The summed E-state index contributed by atoms with van der Waals surface area (Å²) in [6.07, 6.45) is 3.57. The van der Waals surface area contributed by atoms with Crippen molar-refractivity contribution in [3.63, 3.8) is 0 Å². The molecule has 57 heavy (non-hydrogen) atoms. The average molecular weight is 784 g/mol. The topological polar surface area (TPSA) is 187 Å². The smallest absolute Gasteiger partial charge is 0.341 e. The van der Waals surface area contributed by atoms with Gasteiger partial charge in [0, 0.05) is 38.7 Å². The second-order valence-corrected chi connectivity index (χ2v) is 15.6. The molecule has 0 saturated carbocycles. The number of rotatable bonds is 7. The maximum absolute atomic E-state index is 14.7. The van der Waals surface area contributed by atoms with E-state index in [0.29, 0.717) is 51.5 Å². The zero-order chi connectivity index (χ0) is 40.6. The highest BCUT2D eigenvalue weighted by atomic mass is 16.5. The summed E-state index contributed by atoms with van der Waals surface area (Å²) in [6.45, 7) is 5.73. The number of piperidine rings is 1. The number of ether oxygens (including phenoxy) is 1. The molecule has 4 saturated heterocycles. The molecule has 2 aromatic carbocycles. The third-order valence-electron chi connectivity index (χ3n) is 11.3. The van der Waals surface area contributed by atoms with Gasteiger partial charge in [0.15, 0.2) is 0 Å². The fourth-order valence-corrected chi connectivity index (χ4v) is 8.32. The van der Waals surface area contributed by atoms with Crippen molar-refractivity contribution in [1.82, 2.24) is 30.7 Å². The maximum Gasteiger partial charge on any atom is 0.341 e. The molecule has 3 N–H and O–H groups in total. The number of aliphatic imine (C=N–C) groups is 1. The van der Waals surface area contributed by atoms with E-state index >= 15 is 0 Å². The maximum atomic E-state index is 14.7. The number of urea groups is 1. The van der Waals surface area contributed by atoms with Crippen molar-refractivity contribution in [2.75, 3.05) is 19.6 Å². The number of hydrogen-bond donors (Lipinski definition) is 3. The number of carbonyl (C=O) groups is 7. The molecule has 0 aliphatic carbocycles. The molecular weight excluding hydrogens is 731 g/mol. The zero-order valence-electron chi connectivity index (χ0n) is 32.8. The summed E-state index contributed by atoms with van der Waals surface area (Å²) in [5, 5.41) is 8.26. The highest BCUT2D eigenvalue weighted by molar-refractivity contribution is 5.98. The van der Waals surface area contributed by atoms with Gasteiger partial charge in [-0.05, 0) is 69.4 Å². The largest absolute Gasteiger partial charge is 0.458 e. The zero-order valence-corrected chi connectivity index (χ0v) is 32.8. The summed E-state index contributed by atoms with van der Waals surface area (Å²) in [6, 6.07) is 11.3. The minimum Gasteiger partial charge on any atom is -0.458 e. The van der Waals surface area contributed by atoms with E-state index in [1.54, 1.807) is 31.2 Å². The lowest BCUT2D eigenvalue weighted by Gasteiger charge is -2.39. The van der Waals surface area contributed by atoms with E-state index in [1.807, 2.05) is 43.3 Å². The van der Waals surface area contributed by atoms with E-state index in [9.17, 15) is 33.6 Å². The van der Waals surface area contributed by atoms with Crippen LogP contribution >= 0.6 is 0 Å². The summed E-state index contributed by atoms with van der Waals surface area (Å²) in [5.74, 6) is -3.50.